The van der Waals surface area contributed by atoms with E-state index in [0.29, 0.717) is 27.8 Å². The molecule has 0 spiro atoms. The fourth-order valence-electron chi connectivity index (χ4n) is 3.14. The lowest BCUT2D eigenvalue weighted by molar-refractivity contribution is 0.597. The first-order chi connectivity index (χ1) is 12.9. The van der Waals surface area contributed by atoms with E-state index in [9.17, 15) is 8.42 Å². The second-order valence-corrected chi connectivity index (χ2v) is 7.51. The molecule has 0 amide bonds. The SMILES string of the molecule is Cc1ccc(-c2cccc3cnc(N)nc23)c(C2=NCN=N2)c1S(N)(=O)=O. The molecule has 0 atom stereocenters. The molecular formula is C17H15N7O2S. The number of nitrogens with zero attached hydrogens (tertiary/aromatic N) is 5. The van der Waals surface area contributed by atoms with Crippen LogP contribution in [-0.2, 0) is 10.0 Å². The number of hydrogen-bond acceptors (Lipinski definition) is 8. The molecule has 2 aromatic carbocycles. The molecule has 4 rings (SSSR count). The zero-order valence-electron chi connectivity index (χ0n) is 14.3. The quantitative estimate of drug-likeness (QED) is 0.711. The summed E-state index contributed by atoms with van der Waals surface area (Å²) in [6, 6.07) is 8.98. The molecule has 0 unspecified atom stereocenters. The van der Waals surface area contributed by atoms with E-state index in [0.717, 1.165) is 5.39 Å². The number of azo groups is 1. The Labute approximate surface area is 154 Å². The van der Waals surface area contributed by atoms with Gasteiger partial charge in [-0.05, 0) is 18.1 Å². The number of aryl methyl sites for hydroxylation is 1. The van der Waals surface area contributed by atoms with E-state index in [-0.39, 0.29) is 23.3 Å². The Morgan fingerprint density at radius 1 is 1.11 bits per heavy atom. The third-order valence-corrected chi connectivity index (χ3v) is 5.33. The number of aliphatic imine (C=N–C) groups is 1. The van der Waals surface area contributed by atoms with Crippen molar-refractivity contribution in [2.45, 2.75) is 11.8 Å². The van der Waals surface area contributed by atoms with Crippen LogP contribution in [0.15, 0.2) is 56.6 Å². The molecule has 0 bridgehead atoms. The van der Waals surface area contributed by atoms with Crippen LogP contribution in [0.4, 0.5) is 5.95 Å². The second kappa shape index (κ2) is 6.18. The predicted molar refractivity (Wildman–Crippen MR) is 102 cm³/mol. The topological polar surface area (TPSA) is 149 Å². The Kier molecular flexibility index (Phi) is 3.93. The maximum atomic E-state index is 12.3. The van der Waals surface area contributed by atoms with Crippen LogP contribution in [0.1, 0.15) is 11.1 Å². The zero-order valence-corrected chi connectivity index (χ0v) is 15.1. The maximum Gasteiger partial charge on any atom is 0.239 e. The second-order valence-electron chi connectivity index (χ2n) is 6.02. The van der Waals surface area contributed by atoms with Crippen molar-refractivity contribution in [2.24, 2.45) is 20.4 Å². The molecule has 10 heteroatoms. The molecule has 27 heavy (non-hydrogen) atoms. The van der Waals surface area contributed by atoms with Crippen molar-refractivity contribution < 1.29 is 8.42 Å². The number of nitrogen functional groups attached to an aromatic ring is 1. The smallest absolute Gasteiger partial charge is 0.239 e. The zero-order chi connectivity index (χ0) is 19.2. The van der Waals surface area contributed by atoms with Gasteiger partial charge >= 0.3 is 0 Å². The molecule has 0 fully saturated rings. The molecule has 136 valence electrons. The minimum atomic E-state index is -4.03. The number of amidine groups is 1. The van der Waals surface area contributed by atoms with Crippen LogP contribution < -0.4 is 10.9 Å². The normalized spacial score (nSPS) is 13.9. The van der Waals surface area contributed by atoms with Gasteiger partial charge in [0.05, 0.1) is 10.4 Å². The van der Waals surface area contributed by atoms with Crippen molar-refractivity contribution in [3.05, 3.63) is 47.7 Å². The standard InChI is InChI=1S/C17H15N7O2S/c1-9-5-6-11(12-4-2-3-10-7-20-17(18)23-14(10)12)13(15(9)27(19,25)26)16-21-8-22-24-16/h2-7H,8H2,1H3,(H2,18,20,23)(H2,19,25,26). The summed E-state index contributed by atoms with van der Waals surface area (Å²) in [4.78, 5) is 12.5. The number of sulfonamides is 1. The van der Waals surface area contributed by atoms with Crippen LogP contribution in [0.25, 0.3) is 22.0 Å². The van der Waals surface area contributed by atoms with E-state index in [1.807, 2.05) is 18.2 Å². The van der Waals surface area contributed by atoms with Crippen LogP contribution in [0.3, 0.4) is 0 Å². The van der Waals surface area contributed by atoms with Crippen molar-refractivity contribution in [1.29, 1.82) is 0 Å². The van der Waals surface area contributed by atoms with Gasteiger partial charge in [-0.2, -0.15) is 5.11 Å². The minimum Gasteiger partial charge on any atom is -0.368 e. The molecule has 1 aliphatic heterocycles. The van der Waals surface area contributed by atoms with Crippen molar-refractivity contribution >= 4 is 32.7 Å². The molecule has 0 saturated heterocycles. The van der Waals surface area contributed by atoms with Gasteiger partial charge in [0.1, 0.15) is 0 Å². The first kappa shape index (κ1) is 17.2. The summed E-state index contributed by atoms with van der Waals surface area (Å²) < 4.78 is 24.7. The highest BCUT2D eigenvalue weighted by atomic mass is 32.2. The first-order valence-electron chi connectivity index (χ1n) is 7.96. The molecule has 0 saturated carbocycles. The van der Waals surface area contributed by atoms with Gasteiger partial charge in [0.15, 0.2) is 12.5 Å². The predicted octanol–water partition coefficient (Wildman–Crippen LogP) is 2.00. The van der Waals surface area contributed by atoms with Crippen LogP contribution in [0.5, 0.6) is 0 Å². The fourth-order valence-corrected chi connectivity index (χ4v) is 4.15. The van der Waals surface area contributed by atoms with E-state index in [1.54, 1.807) is 25.3 Å². The molecule has 2 heterocycles. The molecule has 0 radical (unpaired) electrons. The van der Waals surface area contributed by atoms with Crippen LogP contribution in [0.2, 0.25) is 0 Å². The van der Waals surface area contributed by atoms with Gasteiger partial charge < -0.3 is 5.73 Å². The molecule has 9 nitrogen and oxygen atoms in total. The summed E-state index contributed by atoms with van der Waals surface area (Å²) in [5.41, 5.74) is 8.40. The van der Waals surface area contributed by atoms with Gasteiger partial charge in [-0.25, -0.2) is 28.5 Å². The Morgan fingerprint density at radius 3 is 2.63 bits per heavy atom. The molecule has 0 aliphatic carbocycles. The average molecular weight is 381 g/mol. The number of rotatable bonds is 3. The monoisotopic (exact) mass is 381 g/mol. The highest BCUT2D eigenvalue weighted by Gasteiger charge is 2.26. The fraction of sp³-hybridized carbons (Fsp3) is 0.118. The summed E-state index contributed by atoms with van der Waals surface area (Å²) in [5.74, 6) is 0.338. The molecular weight excluding hydrogens is 366 g/mol. The number of fused-ring (bicyclic) bond motifs is 1. The number of aromatic nitrogens is 2. The first-order valence-corrected chi connectivity index (χ1v) is 9.51. The lowest BCUT2D eigenvalue weighted by Gasteiger charge is -2.16. The molecule has 1 aromatic heterocycles. The average Bonchev–Trinajstić information content (AvgIpc) is 3.14. The van der Waals surface area contributed by atoms with Crippen molar-refractivity contribution in [2.75, 3.05) is 12.4 Å². The van der Waals surface area contributed by atoms with Crippen molar-refractivity contribution in [3.8, 4) is 11.1 Å². The van der Waals surface area contributed by atoms with E-state index in [4.69, 9.17) is 10.9 Å². The van der Waals surface area contributed by atoms with Gasteiger partial charge in [-0.15, -0.1) is 5.11 Å². The Bertz CT molecular complexity index is 1250. The number of primary sulfonamides is 1. The number of anilines is 1. The lowest BCUT2D eigenvalue weighted by atomic mass is 9.95. The van der Waals surface area contributed by atoms with E-state index < -0.39 is 10.0 Å². The largest absolute Gasteiger partial charge is 0.368 e. The summed E-state index contributed by atoms with van der Waals surface area (Å²) in [5, 5.41) is 14.1. The third kappa shape index (κ3) is 2.94. The highest BCUT2D eigenvalue weighted by Crippen LogP contribution is 2.35. The van der Waals surface area contributed by atoms with Crippen molar-refractivity contribution in [1.82, 2.24) is 9.97 Å². The number of hydrogen-bond donors (Lipinski definition) is 2. The Hall–Kier alpha value is -3.24. The summed E-state index contributed by atoms with van der Waals surface area (Å²) in [6.45, 7) is 1.81. The molecule has 1 aliphatic rings. The van der Waals surface area contributed by atoms with Gasteiger partial charge in [-0.1, -0.05) is 30.3 Å². The molecule has 3 aromatic rings. The van der Waals surface area contributed by atoms with Crippen LogP contribution in [0, 0.1) is 6.92 Å². The third-order valence-electron chi connectivity index (χ3n) is 4.23. The highest BCUT2D eigenvalue weighted by molar-refractivity contribution is 7.89. The number of benzene rings is 2. The Morgan fingerprint density at radius 2 is 1.93 bits per heavy atom. The van der Waals surface area contributed by atoms with E-state index in [2.05, 4.69) is 25.2 Å². The maximum absolute atomic E-state index is 12.3. The summed E-state index contributed by atoms with van der Waals surface area (Å²) in [7, 11) is -4.03. The van der Waals surface area contributed by atoms with Gasteiger partial charge in [0.2, 0.25) is 16.0 Å². The number of para-hydroxylation sites is 1. The van der Waals surface area contributed by atoms with Crippen LogP contribution in [-0.4, -0.2) is 30.9 Å². The lowest BCUT2D eigenvalue weighted by Crippen LogP contribution is -2.19. The van der Waals surface area contributed by atoms with Gasteiger partial charge in [0.25, 0.3) is 0 Å². The summed E-state index contributed by atoms with van der Waals surface area (Å²) >= 11 is 0. The van der Waals surface area contributed by atoms with E-state index in [1.165, 1.54) is 0 Å². The number of nitrogens with two attached hydrogens (primary N) is 2. The van der Waals surface area contributed by atoms with Gasteiger partial charge in [0, 0.05) is 22.7 Å². The minimum absolute atomic E-state index is 0.0290. The summed E-state index contributed by atoms with van der Waals surface area (Å²) in [6.07, 6.45) is 1.61. The van der Waals surface area contributed by atoms with Crippen LogP contribution >= 0.6 is 0 Å². The molecule has 4 N–H and O–H groups in total. The Balaban J connectivity index is 2.15. The van der Waals surface area contributed by atoms with E-state index >= 15 is 0 Å². The van der Waals surface area contributed by atoms with Gasteiger partial charge in [-0.3, -0.25) is 0 Å². The van der Waals surface area contributed by atoms with Crippen molar-refractivity contribution in [3.63, 3.8) is 0 Å².